The fourth-order valence-electron chi connectivity index (χ4n) is 6.56. The lowest BCUT2D eigenvalue weighted by molar-refractivity contribution is -0.124. The van der Waals surface area contributed by atoms with Crippen molar-refractivity contribution in [2.75, 3.05) is 19.8 Å². The molecule has 0 aliphatic rings. The SMILES string of the molecule is CCCCC/C=C/CC/C=C/CC/C=C/C(O)C(COP(=O)(O)OCCN)NC(=O)CC(O)CCCCCCCCCCCCCCCCCCCCCC. The number of phosphoric acid groups is 1. The molecule has 0 fully saturated rings. The Morgan fingerprint density at radius 1 is 0.618 bits per heavy atom. The van der Waals surface area contributed by atoms with Crippen LogP contribution in [0, 0.1) is 0 Å². The molecule has 6 N–H and O–H groups in total. The highest BCUT2D eigenvalue weighted by atomic mass is 31.2. The number of unbranched alkanes of at least 4 members (excludes halogenated alkanes) is 24. The third kappa shape index (κ3) is 39.3. The first kappa shape index (κ1) is 53.7. The third-order valence-corrected chi connectivity index (χ3v) is 11.0. The van der Waals surface area contributed by atoms with Gasteiger partial charge in [0.05, 0.1) is 37.9 Å². The number of amides is 1. The van der Waals surface area contributed by atoms with E-state index < -0.39 is 38.6 Å². The van der Waals surface area contributed by atoms with Crippen molar-refractivity contribution in [1.29, 1.82) is 0 Å². The zero-order valence-corrected chi connectivity index (χ0v) is 36.4. The van der Waals surface area contributed by atoms with Crippen molar-refractivity contribution in [1.82, 2.24) is 5.32 Å². The highest BCUT2D eigenvalue weighted by Crippen LogP contribution is 2.43. The molecule has 0 heterocycles. The van der Waals surface area contributed by atoms with E-state index in [0.29, 0.717) is 12.8 Å². The van der Waals surface area contributed by atoms with Crippen LogP contribution in [0.3, 0.4) is 0 Å². The number of allylic oxidation sites excluding steroid dienone is 5. The maximum atomic E-state index is 12.8. The molecule has 0 aliphatic carbocycles. The van der Waals surface area contributed by atoms with E-state index in [2.05, 4.69) is 43.5 Å². The molecule has 0 saturated heterocycles. The Morgan fingerprint density at radius 3 is 1.51 bits per heavy atom. The Labute approximate surface area is 338 Å². The predicted molar refractivity (Wildman–Crippen MR) is 232 cm³/mol. The maximum absolute atomic E-state index is 12.8. The van der Waals surface area contributed by atoms with Crippen LogP contribution in [-0.4, -0.2) is 59.0 Å². The molecule has 324 valence electrons. The van der Waals surface area contributed by atoms with Gasteiger partial charge in [0.2, 0.25) is 5.91 Å². The maximum Gasteiger partial charge on any atom is 0.472 e. The van der Waals surface area contributed by atoms with E-state index in [0.717, 1.165) is 44.9 Å². The van der Waals surface area contributed by atoms with Crippen LogP contribution in [0.1, 0.15) is 206 Å². The molecule has 9 nitrogen and oxygen atoms in total. The number of carbonyl (C=O) groups excluding carboxylic acids is 1. The number of hydrogen-bond donors (Lipinski definition) is 5. The van der Waals surface area contributed by atoms with Crippen molar-refractivity contribution in [3.63, 3.8) is 0 Å². The Bertz CT molecular complexity index is 977. The minimum Gasteiger partial charge on any atom is -0.393 e. The summed E-state index contributed by atoms with van der Waals surface area (Å²) >= 11 is 0. The predicted octanol–water partition coefficient (Wildman–Crippen LogP) is 11.7. The molecule has 0 aromatic heterocycles. The topological polar surface area (TPSA) is 151 Å². The number of aliphatic hydroxyl groups is 2. The van der Waals surface area contributed by atoms with E-state index in [1.165, 1.54) is 128 Å². The summed E-state index contributed by atoms with van der Waals surface area (Å²) in [6.45, 7) is 3.92. The van der Waals surface area contributed by atoms with Gasteiger partial charge in [0.1, 0.15) is 0 Å². The number of carbonyl (C=O) groups is 1. The van der Waals surface area contributed by atoms with Gasteiger partial charge in [-0.1, -0.05) is 192 Å². The van der Waals surface area contributed by atoms with Crippen LogP contribution in [0.15, 0.2) is 36.5 Å². The zero-order chi connectivity index (χ0) is 40.5. The standard InChI is InChI=1S/C45H87N2O7P/c1-3-5-7-9-11-13-15-17-18-19-20-21-22-23-25-26-28-30-32-34-36-42(48)40-45(50)47-43(41-54-55(51,52)53-39-38-46)44(49)37-35-33-31-29-27-24-16-14-12-10-8-6-4-2/h12,14,27,29,35,37,42-44,48-49H,3-11,13,15-26,28,30-34,36,38-41,46H2,1-2H3,(H,47,50)(H,51,52)/b14-12+,29-27+,37-35+. The minimum atomic E-state index is -4.41. The summed E-state index contributed by atoms with van der Waals surface area (Å²) < 4.78 is 22.0. The number of hydrogen-bond acceptors (Lipinski definition) is 7. The van der Waals surface area contributed by atoms with Crippen molar-refractivity contribution in [2.45, 2.75) is 225 Å². The summed E-state index contributed by atoms with van der Waals surface area (Å²) in [7, 11) is -4.41. The van der Waals surface area contributed by atoms with Crippen LogP contribution in [0.5, 0.6) is 0 Å². The zero-order valence-electron chi connectivity index (χ0n) is 35.5. The van der Waals surface area contributed by atoms with Crippen molar-refractivity contribution < 1.29 is 33.5 Å². The fourth-order valence-corrected chi connectivity index (χ4v) is 7.32. The van der Waals surface area contributed by atoms with E-state index in [-0.39, 0.29) is 19.6 Å². The van der Waals surface area contributed by atoms with Gasteiger partial charge in [0, 0.05) is 6.54 Å². The van der Waals surface area contributed by atoms with Gasteiger partial charge in [-0.3, -0.25) is 13.8 Å². The highest BCUT2D eigenvalue weighted by Gasteiger charge is 2.27. The van der Waals surface area contributed by atoms with Crippen LogP contribution in [-0.2, 0) is 18.4 Å². The molecule has 0 rings (SSSR count). The lowest BCUT2D eigenvalue weighted by Gasteiger charge is -2.24. The van der Waals surface area contributed by atoms with E-state index in [9.17, 15) is 24.5 Å². The van der Waals surface area contributed by atoms with Gasteiger partial charge < -0.3 is 26.2 Å². The largest absolute Gasteiger partial charge is 0.472 e. The monoisotopic (exact) mass is 799 g/mol. The fraction of sp³-hybridized carbons (Fsp3) is 0.844. The molecular weight excluding hydrogens is 711 g/mol. The molecular formula is C45H87N2O7P. The van der Waals surface area contributed by atoms with E-state index >= 15 is 0 Å². The van der Waals surface area contributed by atoms with E-state index in [4.69, 9.17) is 14.8 Å². The minimum absolute atomic E-state index is 0.0427. The third-order valence-electron chi connectivity index (χ3n) is 10.0. The molecule has 4 atom stereocenters. The molecule has 0 saturated carbocycles. The van der Waals surface area contributed by atoms with Gasteiger partial charge in [-0.05, 0) is 44.9 Å². The van der Waals surface area contributed by atoms with E-state index in [1.807, 2.05) is 6.08 Å². The van der Waals surface area contributed by atoms with Gasteiger partial charge >= 0.3 is 7.82 Å². The summed E-state index contributed by atoms with van der Waals surface area (Å²) in [5.74, 6) is -0.459. The lowest BCUT2D eigenvalue weighted by Crippen LogP contribution is -2.46. The van der Waals surface area contributed by atoms with Crippen LogP contribution in [0.4, 0.5) is 0 Å². The Balaban J connectivity index is 4.25. The Hall–Kier alpha value is -1.32. The Morgan fingerprint density at radius 2 is 1.04 bits per heavy atom. The summed E-state index contributed by atoms with van der Waals surface area (Å²) in [5, 5.41) is 24.0. The quantitative estimate of drug-likeness (QED) is 0.0233. The summed E-state index contributed by atoms with van der Waals surface area (Å²) in [4.78, 5) is 22.7. The molecule has 10 heteroatoms. The molecule has 0 radical (unpaired) electrons. The molecule has 0 aromatic carbocycles. The number of phosphoric ester groups is 1. The highest BCUT2D eigenvalue weighted by molar-refractivity contribution is 7.47. The van der Waals surface area contributed by atoms with Crippen molar-refractivity contribution in [3.8, 4) is 0 Å². The second-order valence-electron chi connectivity index (χ2n) is 15.4. The molecule has 0 bridgehead atoms. The van der Waals surface area contributed by atoms with Gasteiger partial charge in [0.15, 0.2) is 0 Å². The van der Waals surface area contributed by atoms with Crippen LogP contribution >= 0.6 is 7.82 Å². The van der Waals surface area contributed by atoms with Gasteiger partial charge in [-0.15, -0.1) is 0 Å². The smallest absolute Gasteiger partial charge is 0.393 e. The van der Waals surface area contributed by atoms with Gasteiger partial charge in [0.25, 0.3) is 0 Å². The molecule has 55 heavy (non-hydrogen) atoms. The Kier molecular flexibility index (Phi) is 39.9. The first-order valence-electron chi connectivity index (χ1n) is 22.7. The number of aliphatic hydroxyl groups excluding tert-OH is 2. The summed E-state index contributed by atoms with van der Waals surface area (Å²) in [6.07, 6.45) is 45.3. The van der Waals surface area contributed by atoms with E-state index in [1.54, 1.807) is 6.08 Å². The van der Waals surface area contributed by atoms with Crippen LogP contribution in [0.2, 0.25) is 0 Å². The number of nitrogens with one attached hydrogen (secondary N) is 1. The normalized spacial score (nSPS) is 14.9. The van der Waals surface area contributed by atoms with Crippen molar-refractivity contribution in [3.05, 3.63) is 36.5 Å². The van der Waals surface area contributed by atoms with Crippen molar-refractivity contribution in [2.24, 2.45) is 5.73 Å². The van der Waals surface area contributed by atoms with Gasteiger partial charge in [-0.2, -0.15) is 0 Å². The second-order valence-corrected chi connectivity index (χ2v) is 16.9. The van der Waals surface area contributed by atoms with Crippen LogP contribution < -0.4 is 11.1 Å². The van der Waals surface area contributed by atoms with Crippen molar-refractivity contribution >= 4 is 13.7 Å². The average Bonchev–Trinajstić information content (AvgIpc) is 3.16. The molecule has 1 amide bonds. The molecule has 0 spiro atoms. The average molecular weight is 799 g/mol. The summed E-state index contributed by atoms with van der Waals surface area (Å²) in [6, 6.07) is -1.00. The lowest BCUT2D eigenvalue weighted by atomic mass is 10.0. The molecule has 4 unspecified atom stereocenters. The summed E-state index contributed by atoms with van der Waals surface area (Å²) in [5.41, 5.74) is 5.36. The second kappa shape index (κ2) is 40.9. The molecule has 0 aromatic rings. The number of nitrogens with two attached hydrogens (primary N) is 1. The number of rotatable bonds is 42. The van der Waals surface area contributed by atoms with Crippen LogP contribution in [0.25, 0.3) is 0 Å². The molecule has 0 aliphatic heterocycles. The first-order valence-corrected chi connectivity index (χ1v) is 24.2. The first-order chi connectivity index (χ1) is 26.8. The van der Waals surface area contributed by atoms with Gasteiger partial charge in [-0.25, -0.2) is 4.57 Å².